The van der Waals surface area contributed by atoms with Crippen molar-refractivity contribution in [2.75, 3.05) is 11.9 Å². The Hall–Kier alpha value is -1.10. The molecular weight excluding hydrogens is 313 g/mol. The van der Waals surface area contributed by atoms with E-state index in [0.29, 0.717) is 22.3 Å². The van der Waals surface area contributed by atoms with Gasteiger partial charge in [-0.25, -0.2) is 4.39 Å². The molecule has 0 saturated carbocycles. The molecule has 1 heterocycles. The molecule has 0 amide bonds. The molecule has 0 bridgehead atoms. The summed E-state index contributed by atoms with van der Waals surface area (Å²) in [5.74, 6) is -1.70. The maximum atomic E-state index is 13.5. The summed E-state index contributed by atoms with van der Waals surface area (Å²) in [5, 5.41) is 12.6. The summed E-state index contributed by atoms with van der Waals surface area (Å²) >= 11 is 3.13. The van der Waals surface area contributed by atoms with Crippen LogP contribution in [0.5, 0.6) is 0 Å². The third-order valence-electron chi connectivity index (χ3n) is 3.65. The van der Waals surface area contributed by atoms with E-state index in [4.69, 9.17) is 0 Å². The largest absolute Gasteiger partial charge is 0.481 e. The van der Waals surface area contributed by atoms with E-state index < -0.39 is 11.9 Å². The molecule has 1 aromatic rings. The van der Waals surface area contributed by atoms with Gasteiger partial charge in [0.15, 0.2) is 0 Å². The van der Waals surface area contributed by atoms with Gasteiger partial charge in [0.1, 0.15) is 5.82 Å². The van der Waals surface area contributed by atoms with Crippen LogP contribution in [0.4, 0.5) is 10.1 Å². The van der Waals surface area contributed by atoms with Crippen molar-refractivity contribution in [1.29, 1.82) is 0 Å². The second-order valence-corrected chi connectivity index (χ2v) is 5.81. The van der Waals surface area contributed by atoms with Crippen molar-refractivity contribution in [1.82, 2.24) is 0 Å². The van der Waals surface area contributed by atoms with Gasteiger partial charge in [-0.1, -0.05) is 19.8 Å². The number of aliphatic carboxylic acids is 1. The Morgan fingerprint density at radius 2 is 2.32 bits per heavy atom. The molecule has 3 nitrogen and oxygen atoms in total. The van der Waals surface area contributed by atoms with Crippen LogP contribution in [-0.4, -0.2) is 17.6 Å². The molecule has 2 unspecified atom stereocenters. The quantitative estimate of drug-likeness (QED) is 0.878. The minimum Gasteiger partial charge on any atom is -0.481 e. The minimum atomic E-state index is -0.831. The molecule has 0 aromatic heterocycles. The summed E-state index contributed by atoms with van der Waals surface area (Å²) in [4.78, 5) is 11.6. The van der Waals surface area contributed by atoms with Crippen LogP contribution in [0.2, 0.25) is 0 Å². The number of carboxylic acids is 1. The number of hydrogen-bond donors (Lipinski definition) is 2. The van der Waals surface area contributed by atoms with Crippen LogP contribution in [-0.2, 0) is 4.79 Å². The summed E-state index contributed by atoms with van der Waals surface area (Å²) in [6.45, 7) is 2.68. The van der Waals surface area contributed by atoms with Crippen LogP contribution in [0.25, 0.3) is 0 Å². The molecule has 19 heavy (non-hydrogen) atoms. The molecule has 0 radical (unpaired) electrons. The van der Waals surface area contributed by atoms with E-state index in [1.54, 1.807) is 6.07 Å². The van der Waals surface area contributed by atoms with Crippen molar-refractivity contribution < 1.29 is 14.3 Å². The first kappa shape index (κ1) is 14.3. The molecule has 1 aromatic carbocycles. The van der Waals surface area contributed by atoms with Gasteiger partial charge in [-0.15, -0.1) is 0 Å². The maximum Gasteiger partial charge on any atom is 0.311 e. The molecule has 0 fully saturated rings. The van der Waals surface area contributed by atoms with E-state index in [1.807, 2.05) is 0 Å². The van der Waals surface area contributed by atoms with Crippen molar-refractivity contribution >= 4 is 27.6 Å². The van der Waals surface area contributed by atoms with E-state index in [9.17, 15) is 14.3 Å². The zero-order valence-electron chi connectivity index (χ0n) is 10.7. The molecule has 0 saturated heterocycles. The van der Waals surface area contributed by atoms with Crippen LogP contribution in [0.1, 0.15) is 37.7 Å². The molecular formula is C14H17BrFNO2. The number of rotatable bonds is 4. The topological polar surface area (TPSA) is 49.3 Å². The second-order valence-electron chi connectivity index (χ2n) is 4.95. The number of benzene rings is 1. The fourth-order valence-electron chi connectivity index (χ4n) is 2.66. The number of anilines is 1. The number of fused-ring (bicyclic) bond motifs is 1. The molecule has 2 rings (SSSR count). The molecule has 2 N–H and O–H groups in total. The van der Waals surface area contributed by atoms with Crippen molar-refractivity contribution in [3.05, 3.63) is 28.0 Å². The molecule has 5 heteroatoms. The Labute approximate surface area is 120 Å². The Kier molecular flexibility index (Phi) is 4.45. The van der Waals surface area contributed by atoms with E-state index in [2.05, 4.69) is 28.2 Å². The third-order valence-corrected chi connectivity index (χ3v) is 4.26. The number of halogens is 2. The van der Waals surface area contributed by atoms with Crippen molar-refractivity contribution in [2.24, 2.45) is 5.92 Å². The lowest BCUT2D eigenvalue weighted by molar-refractivity contribution is -0.140. The van der Waals surface area contributed by atoms with Crippen LogP contribution in [0.15, 0.2) is 16.6 Å². The van der Waals surface area contributed by atoms with Gasteiger partial charge in [0.05, 0.1) is 10.4 Å². The lowest BCUT2D eigenvalue weighted by atomic mass is 9.79. The monoisotopic (exact) mass is 329 g/mol. The van der Waals surface area contributed by atoms with Gasteiger partial charge in [-0.2, -0.15) is 0 Å². The highest BCUT2D eigenvalue weighted by atomic mass is 79.9. The van der Waals surface area contributed by atoms with E-state index in [-0.39, 0.29) is 11.7 Å². The van der Waals surface area contributed by atoms with E-state index in [1.165, 1.54) is 6.07 Å². The van der Waals surface area contributed by atoms with E-state index >= 15 is 0 Å². The lowest BCUT2D eigenvalue weighted by Gasteiger charge is -2.32. The highest BCUT2D eigenvalue weighted by Crippen LogP contribution is 2.40. The molecule has 1 aliphatic rings. The molecule has 2 atom stereocenters. The summed E-state index contributed by atoms with van der Waals surface area (Å²) in [5.41, 5.74) is 1.27. The zero-order chi connectivity index (χ0) is 14.0. The van der Waals surface area contributed by atoms with Crippen LogP contribution in [0, 0.1) is 11.7 Å². The Balaban J connectivity index is 2.37. The Morgan fingerprint density at radius 3 is 2.95 bits per heavy atom. The number of unbranched alkanes of at least 4 members (excludes halogenated alkanes) is 1. The summed E-state index contributed by atoms with van der Waals surface area (Å²) in [7, 11) is 0. The highest BCUT2D eigenvalue weighted by molar-refractivity contribution is 9.10. The first-order valence-electron chi connectivity index (χ1n) is 6.50. The average molecular weight is 330 g/mol. The fraction of sp³-hybridized carbons (Fsp3) is 0.500. The van der Waals surface area contributed by atoms with Crippen molar-refractivity contribution in [3.8, 4) is 0 Å². The lowest BCUT2D eigenvalue weighted by Crippen LogP contribution is -2.32. The standard InChI is InChI=1S/C14H17BrFNO2/c1-2-3-4-8-7-17-12-6-11(16)10(15)5-9(12)13(8)14(18)19/h5-6,8,13,17H,2-4,7H2,1H3,(H,18,19). The smallest absolute Gasteiger partial charge is 0.311 e. The maximum absolute atomic E-state index is 13.5. The predicted molar refractivity (Wildman–Crippen MR) is 76.0 cm³/mol. The summed E-state index contributed by atoms with van der Waals surface area (Å²) in [6, 6.07) is 2.96. The van der Waals surface area contributed by atoms with E-state index in [0.717, 1.165) is 19.3 Å². The zero-order valence-corrected chi connectivity index (χ0v) is 12.3. The average Bonchev–Trinajstić information content (AvgIpc) is 2.37. The molecule has 0 spiro atoms. The first-order chi connectivity index (χ1) is 9.04. The highest BCUT2D eigenvalue weighted by Gasteiger charge is 2.35. The van der Waals surface area contributed by atoms with Crippen LogP contribution >= 0.6 is 15.9 Å². The van der Waals surface area contributed by atoms with Gasteiger partial charge in [-0.3, -0.25) is 4.79 Å². The van der Waals surface area contributed by atoms with Gasteiger partial charge in [-0.05, 0) is 46.0 Å². The molecule has 1 aliphatic heterocycles. The Morgan fingerprint density at radius 1 is 1.58 bits per heavy atom. The number of hydrogen-bond acceptors (Lipinski definition) is 2. The summed E-state index contributed by atoms with van der Waals surface area (Å²) in [6.07, 6.45) is 2.92. The Bertz CT molecular complexity index is 493. The van der Waals surface area contributed by atoms with Crippen molar-refractivity contribution in [2.45, 2.75) is 32.1 Å². The van der Waals surface area contributed by atoms with Gasteiger partial charge in [0.25, 0.3) is 0 Å². The van der Waals surface area contributed by atoms with Crippen molar-refractivity contribution in [3.63, 3.8) is 0 Å². The van der Waals surface area contributed by atoms with Gasteiger partial charge < -0.3 is 10.4 Å². The summed E-state index contributed by atoms with van der Waals surface area (Å²) < 4.78 is 13.8. The molecule has 104 valence electrons. The second kappa shape index (κ2) is 5.90. The normalized spacial score (nSPS) is 21.6. The minimum absolute atomic E-state index is 0.0577. The fourth-order valence-corrected chi connectivity index (χ4v) is 3.02. The van der Waals surface area contributed by atoms with Gasteiger partial charge in [0.2, 0.25) is 0 Å². The SMILES string of the molecule is CCCCC1CNc2cc(F)c(Br)cc2C1C(=O)O. The first-order valence-corrected chi connectivity index (χ1v) is 7.29. The van der Waals surface area contributed by atoms with Crippen LogP contribution < -0.4 is 5.32 Å². The van der Waals surface area contributed by atoms with Gasteiger partial charge >= 0.3 is 5.97 Å². The molecule has 0 aliphatic carbocycles. The predicted octanol–water partition coefficient (Wildman–Crippen LogP) is 3.99. The number of carboxylic acid groups (broad SMARTS) is 1. The third kappa shape index (κ3) is 2.91. The number of nitrogens with one attached hydrogen (secondary N) is 1. The number of carbonyl (C=O) groups is 1. The van der Waals surface area contributed by atoms with Gasteiger partial charge in [0, 0.05) is 12.2 Å². The van der Waals surface area contributed by atoms with Crippen LogP contribution in [0.3, 0.4) is 0 Å².